The summed E-state index contributed by atoms with van der Waals surface area (Å²) >= 11 is 0. The lowest BCUT2D eigenvalue weighted by atomic mass is 10.0. The maximum Gasteiger partial charge on any atom is 0.243 e. The van der Waals surface area contributed by atoms with E-state index in [1.807, 2.05) is 24.3 Å². The molecule has 2 N–H and O–H groups in total. The predicted molar refractivity (Wildman–Crippen MR) is 103 cm³/mol. The molecule has 0 aliphatic rings. The summed E-state index contributed by atoms with van der Waals surface area (Å²) in [5.41, 5.74) is 2.34. The van der Waals surface area contributed by atoms with Crippen molar-refractivity contribution in [3.05, 3.63) is 59.4 Å². The third-order valence-corrected chi connectivity index (χ3v) is 4.60. The molecule has 26 heavy (non-hydrogen) atoms. The van der Waals surface area contributed by atoms with E-state index in [9.17, 15) is 17.6 Å². The Morgan fingerprint density at radius 3 is 2.46 bits per heavy atom. The Balaban J connectivity index is 1.95. The molecule has 0 heterocycles. The largest absolute Gasteiger partial charge is 0.376 e. The van der Waals surface area contributed by atoms with E-state index in [1.165, 1.54) is 12.1 Å². The van der Waals surface area contributed by atoms with E-state index in [1.54, 1.807) is 6.07 Å². The Morgan fingerprint density at radius 2 is 1.85 bits per heavy atom. The highest BCUT2D eigenvalue weighted by Crippen LogP contribution is 2.19. The standard InChI is InChI=1S/C19H23FN2O3S/c1-13(2)14-5-4-6-17(9-14)22-19(23)11-21-16-8-7-15(18(20)10-16)12-26(3,24)25/h4-10,13,21H,11-12H2,1-3H3,(H,22,23). The van der Waals surface area contributed by atoms with E-state index < -0.39 is 15.7 Å². The van der Waals surface area contributed by atoms with Gasteiger partial charge in [0, 0.05) is 23.2 Å². The van der Waals surface area contributed by atoms with Crippen molar-refractivity contribution in [3.8, 4) is 0 Å². The first kappa shape index (κ1) is 19.9. The Kier molecular flexibility index (Phi) is 6.37. The third kappa shape index (κ3) is 6.15. The molecule has 0 spiro atoms. The first-order valence-corrected chi connectivity index (χ1v) is 10.3. The maximum absolute atomic E-state index is 14.0. The van der Waals surface area contributed by atoms with Gasteiger partial charge in [-0.15, -0.1) is 0 Å². The van der Waals surface area contributed by atoms with E-state index in [2.05, 4.69) is 24.5 Å². The average Bonchev–Trinajstić information content (AvgIpc) is 2.54. The fourth-order valence-corrected chi connectivity index (χ4v) is 3.22. The summed E-state index contributed by atoms with van der Waals surface area (Å²) in [7, 11) is -3.31. The molecule has 1 amide bonds. The molecule has 0 radical (unpaired) electrons. The van der Waals surface area contributed by atoms with Crippen LogP contribution in [-0.2, 0) is 20.4 Å². The number of carbonyl (C=O) groups excluding carboxylic acids is 1. The molecule has 0 atom stereocenters. The Morgan fingerprint density at radius 1 is 1.12 bits per heavy atom. The van der Waals surface area contributed by atoms with Crippen LogP contribution in [0.15, 0.2) is 42.5 Å². The molecular formula is C19H23FN2O3S. The van der Waals surface area contributed by atoms with Crippen molar-refractivity contribution in [2.45, 2.75) is 25.5 Å². The van der Waals surface area contributed by atoms with Crippen molar-refractivity contribution in [1.82, 2.24) is 0 Å². The molecular weight excluding hydrogens is 355 g/mol. The second-order valence-corrected chi connectivity index (χ2v) is 8.70. The highest BCUT2D eigenvalue weighted by Gasteiger charge is 2.11. The number of carbonyl (C=O) groups is 1. The summed E-state index contributed by atoms with van der Waals surface area (Å²) in [6.07, 6.45) is 1.05. The third-order valence-electron chi connectivity index (χ3n) is 3.76. The van der Waals surface area contributed by atoms with Gasteiger partial charge in [0.2, 0.25) is 5.91 Å². The molecule has 0 saturated carbocycles. The van der Waals surface area contributed by atoms with Crippen LogP contribution < -0.4 is 10.6 Å². The average molecular weight is 378 g/mol. The van der Waals surface area contributed by atoms with Gasteiger partial charge in [-0.25, -0.2) is 12.8 Å². The minimum atomic E-state index is -3.31. The molecule has 140 valence electrons. The van der Waals surface area contributed by atoms with E-state index in [4.69, 9.17) is 0 Å². The normalized spacial score (nSPS) is 11.4. The predicted octanol–water partition coefficient (Wildman–Crippen LogP) is 3.54. The molecule has 2 aromatic rings. The van der Waals surface area contributed by atoms with Gasteiger partial charge in [0.15, 0.2) is 9.84 Å². The molecule has 0 aliphatic heterocycles. The highest BCUT2D eigenvalue weighted by molar-refractivity contribution is 7.89. The van der Waals surface area contributed by atoms with Crippen molar-refractivity contribution in [2.24, 2.45) is 0 Å². The first-order valence-electron chi connectivity index (χ1n) is 8.24. The maximum atomic E-state index is 14.0. The van der Waals surface area contributed by atoms with Crippen molar-refractivity contribution in [1.29, 1.82) is 0 Å². The topological polar surface area (TPSA) is 75.3 Å². The van der Waals surface area contributed by atoms with Gasteiger partial charge in [-0.1, -0.05) is 32.0 Å². The van der Waals surface area contributed by atoms with Crippen LogP contribution in [0.3, 0.4) is 0 Å². The number of anilines is 2. The van der Waals surface area contributed by atoms with Gasteiger partial charge >= 0.3 is 0 Å². The lowest BCUT2D eigenvalue weighted by molar-refractivity contribution is -0.114. The summed E-state index contributed by atoms with van der Waals surface area (Å²) in [4.78, 5) is 12.1. The molecule has 0 aliphatic carbocycles. The second-order valence-electron chi connectivity index (χ2n) is 6.56. The number of rotatable bonds is 7. The van der Waals surface area contributed by atoms with Gasteiger partial charge in [-0.2, -0.15) is 0 Å². The number of halogens is 1. The van der Waals surface area contributed by atoms with E-state index >= 15 is 0 Å². The van der Waals surface area contributed by atoms with Crippen LogP contribution in [-0.4, -0.2) is 27.1 Å². The van der Waals surface area contributed by atoms with Crippen molar-refractivity contribution < 1.29 is 17.6 Å². The number of amides is 1. The smallest absolute Gasteiger partial charge is 0.243 e. The number of hydrogen-bond donors (Lipinski definition) is 2. The SMILES string of the molecule is CC(C)c1cccc(NC(=O)CNc2ccc(CS(C)(=O)=O)c(F)c2)c1. The Bertz CT molecular complexity index is 895. The number of hydrogen-bond acceptors (Lipinski definition) is 4. The highest BCUT2D eigenvalue weighted by atomic mass is 32.2. The minimum Gasteiger partial charge on any atom is -0.376 e. The zero-order valence-corrected chi connectivity index (χ0v) is 15.9. The zero-order valence-electron chi connectivity index (χ0n) is 15.0. The van der Waals surface area contributed by atoms with Gasteiger partial charge < -0.3 is 10.6 Å². The minimum absolute atomic E-state index is 0.0310. The van der Waals surface area contributed by atoms with Gasteiger partial charge in [-0.05, 0) is 35.7 Å². The van der Waals surface area contributed by atoms with Crippen LogP contribution in [0.25, 0.3) is 0 Å². The quantitative estimate of drug-likeness (QED) is 0.773. The van der Waals surface area contributed by atoms with Gasteiger partial charge in [0.05, 0.1) is 12.3 Å². The summed E-state index contributed by atoms with van der Waals surface area (Å²) in [6.45, 7) is 4.12. The van der Waals surface area contributed by atoms with E-state index in [0.29, 0.717) is 17.3 Å². The van der Waals surface area contributed by atoms with Crippen molar-refractivity contribution in [3.63, 3.8) is 0 Å². The van der Waals surface area contributed by atoms with Crippen molar-refractivity contribution in [2.75, 3.05) is 23.4 Å². The van der Waals surface area contributed by atoms with E-state index in [0.717, 1.165) is 11.8 Å². The van der Waals surface area contributed by atoms with Gasteiger partial charge in [0.25, 0.3) is 0 Å². The summed E-state index contributed by atoms with van der Waals surface area (Å²) < 4.78 is 36.5. The van der Waals surface area contributed by atoms with Crippen LogP contribution in [0.4, 0.5) is 15.8 Å². The number of sulfone groups is 1. The molecule has 0 fully saturated rings. The fourth-order valence-electron chi connectivity index (χ4n) is 2.42. The van der Waals surface area contributed by atoms with Crippen LogP contribution in [0, 0.1) is 5.82 Å². The lowest BCUT2D eigenvalue weighted by Crippen LogP contribution is -2.22. The summed E-state index contributed by atoms with van der Waals surface area (Å²) in [5.74, 6) is -0.874. The van der Waals surface area contributed by atoms with Crippen molar-refractivity contribution >= 4 is 27.1 Å². The molecule has 2 aromatic carbocycles. The number of benzene rings is 2. The summed E-state index contributed by atoms with van der Waals surface area (Å²) in [5, 5.41) is 5.62. The van der Waals surface area contributed by atoms with Gasteiger partial charge in [-0.3, -0.25) is 4.79 Å². The van der Waals surface area contributed by atoms with E-state index in [-0.39, 0.29) is 23.8 Å². The Hall–Kier alpha value is -2.41. The summed E-state index contributed by atoms with van der Waals surface area (Å²) in [6, 6.07) is 11.8. The van der Waals surface area contributed by atoms with Crippen LogP contribution >= 0.6 is 0 Å². The molecule has 5 nitrogen and oxygen atoms in total. The van der Waals surface area contributed by atoms with Crippen LogP contribution in [0.1, 0.15) is 30.9 Å². The zero-order chi connectivity index (χ0) is 19.3. The Labute approximate surface area is 153 Å². The van der Waals surface area contributed by atoms with Crippen LogP contribution in [0.2, 0.25) is 0 Å². The fraction of sp³-hybridized carbons (Fsp3) is 0.316. The molecule has 7 heteroatoms. The molecule has 0 saturated heterocycles. The first-order chi connectivity index (χ1) is 12.1. The van der Waals surface area contributed by atoms with Gasteiger partial charge in [0.1, 0.15) is 5.82 Å². The molecule has 0 aromatic heterocycles. The lowest BCUT2D eigenvalue weighted by Gasteiger charge is -2.11. The van der Waals surface area contributed by atoms with Crippen LogP contribution in [0.5, 0.6) is 0 Å². The molecule has 2 rings (SSSR count). The molecule has 0 unspecified atom stereocenters. The molecule has 0 bridgehead atoms. The second kappa shape index (κ2) is 8.31. The number of nitrogens with one attached hydrogen (secondary N) is 2. The monoisotopic (exact) mass is 378 g/mol.